The Bertz CT molecular complexity index is 1160. The lowest BCUT2D eigenvalue weighted by atomic mass is 10.1. The Morgan fingerprint density at radius 3 is 2.61 bits per heavy atom. The van der Waals surface area contributed by atoms with E-state index < -0.39 is 6.09 Å². The van der Waals surface area contributed by atoms with Gasteiger partial charge in [-0.15, -0.1) is 0 Å². The Kier molecular flexibility index (Phi) is 8.31. The van der Waals surface area contributed by atoms with Crippen molar-refractivity contribution in [2.75, 3.05) is 25.0 Å². The monoisotopic (exact) mass is 449 g/mol. The number of carbonyl (C=O) groups excluding carboxylic acids is 2. The lowest BCUT2D eigenvalue weighted by molar-refractivity contribution is 0.0953. The van der Waals surface area contributed by atoms with Crippen molar-refractivity contribution in [2.45, 2.75) is 19.9 Å². The average Bonchev–Trinajstić information content (AvgIpc) is 2.81. The van der Waals surface area contributed by atoms with Crippen LogP contribution in [0.4, 0.5) is 10.5 Å². The molecule has 0 unspecified atom stereocenters. The molecule has 0 saturated heterocycles. The molecule has 0 atom stereocenters. The van der Waals surface area contributed by atoms with Crippen LogP contribution in [0.5, 0.6) is 0 Å². The number of rotatable bonds is 9. The molecule has 0 saturated carbocycles. The molecule has 2 aromatic carbocycles. The minimum atomic E-state index is -0.538. The average molecular weight is 450 g/mol. The first-order valence-corrected chi connectivity index (χ1v) is 10.7. The zero-order valence-electron chi connectivity index (χ0n) is 18.4. The van der Waals surface area contributed by atoms with E-state index in [0.29, 0.717) is 30.0 Å². The van der Waals surface area contributed by atoms with Gasteiger partial charge in [0.05, 0.1) is 18.8 Å². The van der Waals surface area contributed by atoms with Gasteiger partial charge in [-0.25, -0.2) is 9.48 Å². The first-order chi connectivity index (χ1) is 16.0. The van der Waals surface area contributed by atoms with Crippen molar-refractivity contribution in [3.8, 4) is 11.3 Å². The number of nitrogens with two attached hydrogens (primary N) is 1. The molecule has 0 spiro atoms. The number of anilines is 1. The van der Waals surface area contributed by atoms with E-state index in [0.717, 1.165) is 17.5 Å². The number of amides is 2. The summed E-state index contributed by atoms with van der Waals surface area (Å²) in [5.74, 6) is -0.163. The van der Waals surface area contributed by atoms with E-state index in [1.165, 1.54) is 10.7 Å². The molecule has 0 aliphatic carbocycles. The summed E-state index contributed by atoms with van der Waals surface area (Å²) in [5.41, 5.74) is 8.47. The molecule has 0 bridgehead atoms. The van der Waals surface area contributed by atoms with Gasteiger partial charge < -0.3 is 15.8 Å². The van der Waals surface area contributed by atoms with E-state index in [-0.39, 0.29) is 24.6 Å². The molecule has 172 valence electrons. The second-order valence-corrected chi connectivity index (χ2v) is 7.24. The molecule has 2 amide bonds. The third kappa shape index (κ3) is 6.75. The van der Waals surface area contributed by atoms with E-state index in [2.05, 4.69) is 15.7 Å². The molecule has 3 aromatic rings. The normalized spacial score (nSPS) is 10.5. The van der Waals surface area contributed by atoms with Gasteiger partial charge >= 0.3 is 6.09 Å². The topological polar surface area (TPSA) is 128 Å². The molecule has 0 aliphatic heterocycles. The predicted octanol–water partition coefficient (Wildman–Crippen LogP) is 2.61. The van der Waals surface area contributed by atoms with Crippen molar-refractivity contribution < 1.29 is 14.3 Å². The fourth-order valence-corrected chi connectivity index (χ4v) is 3.12. The summed E-state index contributed by atoms with van der Waals surface area (Å²) in [7, 11) is 0. The minimum absolute atomic E-state index is 0.163. The summed E-state index contributed by atoms with van der Waals surface area (Å²) in [5, 5.41) is 9.93. The number of ether oxygens (including phenoxy) is 1. The third-order valence-electron chi connectivity index (χ3n) is 4.76. The largest absolute Gasteiger partial charge is 0.450 e. The van der Waals surface area contributed by atoms with Gasteiger partial charge in [-0.05, 0) is 55.8 Å². The van der Waals surface area contributed by atoms with Gasteiger partial charge in [0.25, 0.3) is 11.5 Å². The van der Waals surface area contributed by atoms with Crippen molar-refractivity contribution in [3.05, 3.63) is 82.1 Å². The van der Waals surface area contributed by atoms with Crippen LogP contribution in [0.25, 0.3) is 11.3 Å². The highest BCUT2D eigenvalue weighted by Gasteiger charge is 2.09. The maximum Gasteiger partial charge on any atom is 0.411 e. The smallest absolute Gasteiger partial charge is 0.411 e. The second-order valence-electron chi connectivity index (χ2n) is 7.24. The van der Waals surface area contributed by atoms with E-state index in [4.69, 9.17) is 10.5 Å². The molecule has 1 heterocycles. The Labute approximate surface area is 191 Å². The molecule has 1 aromatic heterocycles. The number of nitrogens with one attached hydrogen (secondary N) is 2. The van der Waals surface area contributed by atoms with Crippen LogP contribution in [-0.2, 0) is 11.3 Å². The number of aromatic nitrogens is 2. The molecule has 0 fully saturated rings. The van der Waals surface area contributed by atoms with Crippen molar-refractivity contribution >= 4 is 17.7 Å². The minimum Gasteiger partial charge on any atom is -0.450 e. The van der Waals surface area contributed by atoms with Gasteiger partial charge in [-0.3, -0.25) is 14.9 Å². The van der Waals surface area contributed by atoms with Crippen LogP contribution in [0.2, 0.25) is 0 Å². The zero-order chi connectivity index (χ0) is 23.6. The fourth-order valence-electron chi connectivity index (χ4n) is 3.12. The van der Waals surface area contributed by atoms with Crippen molar-refractivity contribution in [1.82, 2.24) is 15.1 Å². The summed E-state index contributed by atoms with van der Waals surface area (Å²) in [6.07, 6.45) is 0.181. The summed E-state index contributed by atoms with van der Waals surface area (Å²) < 4.78 is 6.24. The van der Waals surface area contributed by atoms with E-state index >= 15 is 0 Å². The first-order valence-electron chi connectivity index (χ1n) is 10.7. The number of benzene rings is 2. The van der Waals surface area contributed by atoms with E-state index in [1.54, 1.807) is 55.5 Å². The lowest BCUT2D eigenvalue weighted by Gasteiger charge is -2.10. The van der Waals surface area contributed by atoms with Gasteiger partial charge in [0, 0.05) is 29.4 Å². The fraction of sp³-hybridized carbons (Fsp3) is 0.250. The van der Waals surface area contributed by atoms with Gasteiger partial charge in [0.15, 0.2) is 0 Å². The summed E-state index contributed by atoms with van der Waals surface area (Å²) in [4.78, 5) is 36.2. The summed E-state index contributed by atoms with van der Waals surface area (Å²) in [6.45, 7) is 3.28. The van der Waals surface area contributed by atoms with Crippen LogP contribution in [0.1, 0.15) is 29.3 Å². The summed E-state index contributed by atoms with van der Waals surface area (Å²) in [6, 6.07) is 17.2. The number of hydrogen-bond acceptors (Lipinski definition) is 6. The number of hydrogen-bond donors (Lipinski definition) is 3. The molecule has 4 N–H and O–H groups in total. The van der Waals surface area contributed by atoms with Gasteiger partial charge in [-0.1, -0.05) is 24.3 Å². The first kappa shape index (κ1) is 23.7. The maximum absolute atomic E-state index is 12.4. The molecular formula is C24H27N5O4. The van der Waals surface area contributed by atoms with Crippen LogP contribution in [0, 0.1) is 0 Å². The maximum atomic E-state index is 12.4. The van der Waals surface area contributed by atoms with Crippen LogP contribution in [0.15, 0.2) is 65.5 Å². The molecule has 3 rings (SSSR count). The predicted molar refractivity (Wildman–Crippen MR) is 126 cm³/mol. The molecule has 33 heavy (non-hydrogen) atoms. The Morgan fingerprint density at radius 1 is 1.09 bits per heavy atom. The highest BCUT2D eigenvalue weighted by atomic mass is 16.5. The SMILES string of the molecule is CCOC(=O)Nc1cccc(Cn2nc(-c3ccc(C(=O)NCCCN)cc3)ccc2=O)c1. The lowest BCUT2D eigenvalue weighted by Crippen LogP contribution is -2.25. The van der Waals surface area contributed by atoms with Crippen LogP contribution in [0.3, 0.4) is 0 Å². The van der Waals surface area contributed by atoms with E-state index in [9.17, 15) is 14.4 Å². The Balaban J connectivity index is 1.74. The number of nitrogens with zero attached hydrogens (tertiary/aromatic N) is 2. The molecule has 9 nitrogen and oxygen atoms in total. The Hall–Kier alpha value is -3.98. The van der Waals surface area contributed by atoms with Gasteiger partial charge in [0.2, 0.25) is 0 Å². The molecule has 0 radical (unpaired) electrons. The second kappa shape index (κ2) is 11.6. The highest BCUT2D eigenvalue weighted by Crippen LogP contribution is 2.17. The van der Waals surface area contributed by atoms with Crippen molar-refractivity contribution in [1.29, 1.82) is 0 Å². The van der Waals surface area contributed by atoms with Gasteiger partial charge in [0.1, 0.15) is 0 Å². The molecule has 0 aliphatic rings. The van der Waals surface area contributed by atoms with E-state index in [1.807, 2.05) is 6.07 Å². The van der Waals surface area contributed by atoms with Crippen LogP contribution >= 0.6 is 0 Å². The highest BCUT2D eigenvalue weighted by molar-refractivity contribution is 5.94. The van der Waals surface area contributed by atoms with Crippen LogP contribution in [-0.4, -0.2) is 41.5 Å². The summed E-state index contributed by atoms with van der Waals surface area (Å²) >= 11 is 0. The van der Waals surface area contributed by atoms with Crippen LogP contribution < -0.4 is 21.9 Å². The standard InChI is InChI=1S/C24H27N5O4/c1-2-33-24(32)27-20-6-3-5-17(15-20)16-29-22(30)12-11-21(28-29)18-7-9-19(10-8-18)23(31)26-14-4-13-25/h3,5-12,15H,2,4,13-14,16,25H2,1H3,(H,26,31)(H,27,32). The molecule has 9 heteroatoms. The quantitative estimate of drug-likeness (QED) is 0.431. The van der Waals surface area contributed by atoms with Crippen molar-refractivity contribution in [3.63, 3.8) is 0 Å². The van der Waals surface area contributed by atoms with Gasteiger partial charge in [-0.2, -0.15) is 5.10 Å². The van der Waals surface area contributed by atoms with Crippen molar-refractivity contribution in [2.24, 2.45) is 5.73 Å². The Morgan fingerprint density at radius 2 is 1.88 bits per heavy atom. The number of carbonyl (C=O) groups is 2. The molecular weight excluding hydrogens is 422 g/mol. The third-order valence-corrected chi connectivity index (χ3v) is 4.76. The zero-order valence-corrected chi connectivity index (χ0v) is 18.4.